The Kier molecular flexibility index (Phi) is 4.41. The van der Waals surface area contributed by atoms with Crippen molar-refractivity contribution in [2.24, 2.45) is 5.10 Å². The van der Waals surface area contributed by atoms with Crippen LogP contribution >= 0.6 is 27.5 Å². The first-order valence-electron chi connectivity index (χ1n) is 9.23. The SMILES string of the molecule is Cc1ccc([C@H]2Oc3ccc(Cl)cc3[C@H]3CC(c4ccc(Br)cc4)=NN32)cc1. The molecule has 0 amide bonds. The highest BCUT2D eigenvalue weighted by Crippen LogP contribution is 2.48. The number of hydrogen-bond acceptors (Lipinski definition) is 3. The molecule has 0 radical (unpaired) electrons. The molecule has 3 aromatic rings. The standard InChI is InChI=1S/C23H18BrClN2O/c1-14-2-4-16(5-3-14)23-27-21(19-12-18(25)10-11-22(19)28-23)13-20(26-27)15-6-8-17(24)9-7-15/h2-12,21,23H,13H2,1H3/t21-,23-/m1/s1. The lowest BCUT2D eigenvalue weighted by Crippen LogP contribution is -2.33. The van der Waals surface area contributed by atoms with Gasteiger partial charge in [0.15, 0.2) is 0 Å². The fourth-order valence-electron chi connectivity index (χ4n) is 3.83. The van der Waals surface area contributed by atoms with Crippen LogP contribution in [0.25, 0.3) is 0 Å². The van der Waals surface area contributed by atoms with E-state index in [1.807, 2.05) is 30.3 Å². The van der Waals surface area contributed by atoms with Gasteiger partial charge >= 0.3 is 0 Å². The molecule has 140 valence electrons. The van der Waals surface area contributed by atoms with Crippen molar-refractivity contribution < 1.29 is 4.74 Å². The van der Waals surface area contributed by atoms with Gasteiger partial charge in [-0.05, 0) is 42.8 Å². The van der Waals surface area contributed by atoms with Crippen LogP contribution in [0.15, 0.2) is 76.3 Å². The van der Waals surface area contributed by atoms with Gasteiger partial charge in [0, 0.05) is 27.0 Å². The maximum atomic E-state index is 6.38. The Balaban J connectivity index is 1.59. The molecule has 3 aromatic carbocycles. The first-order valence-corrected chi connectivity index (χ1v) is 10.4. The highest BCUT2D eigenvalue weighted by molar-refractivity contribution is 9.10. The van der Waals surface area contributed by atoms with Crippen LogP contribution in [0.1, 0.15) is 40.9 Å². The van der Waals surface area contributed by atoms with Crippen molar-refractivity contribution in [1.29, 1.82) is 0 Å². The molecule has 0 spiro atoms. The lowest BCUT2D eigenvalue weighted by atomic mass is 9.96. The maximum Gasteiger partial charge on any atom is 0.213 e. The summed E-state index contributed by atoms with van der Waals surface area (Å²) in [6, 6.07) is 22.7. The molecule has 0 fully saturated rings. The Morgan fingerprint density at radius 3 is 2.54 bits per heavy atom. The van der Waals surface area contributed by atoms with Crippen LogP contribution in [0.5, 0.6) is 5.75 Å². The van der Waals surface area contributed by atoms with Gasteiger partial charge in [-0.1, -0.05) is 69.5 Å². The van der Waals surface area contributed by atoms with E-state index in [2.05, 4.69) is 64.3 Å². The van der Waals surface area contributed by atoms with E-state index in [4.69, 9.17) is 21.4 Å². The number of aryl methyl sites for hydroxylation is 1. The number of hydrogen-bond donors (Lipinski definition) is 0. The molecule has 2 heterocycles. The van der Waals surface area contributed by atoms with E-state index >= 15 is 0 Å². The van der Waals surface area contributed by atoms with Crippen molar-refractivity contribution in [3.8, 4) is 5.75 Å². The van der Waals surface area contributed by atoms with Crippen molar-refractivity contribution in [3.05, 3.63) is 98.5 Å². The van der Waals surface area contributed by atoms with E-state index in [1.165, 1.54) is 5.56 Å². The summed E-state index contributed by atoms with van der Waals surface area (Å²) in [4.78, 5) is 0. The maximum absolute atomic E-state index is 6.38. The third kappa shape index (κ3) is 3.11. The zero-order valence-corrected chi connectivity index (χ0v) is 17.6. The number of benzene rings is 3. The summed E-state index contributed by atoms with van der Waals surface area (Å²) in [7, 11) is 0. The zero-order valence-electron chi connectivity index (χ0n) is 15.3. The van der Waals surface area contributed by atoms with Crippen LogP contribution in [0.4, 0.5) is 0 Å². The lowest BCUT2D eigenvalue weighted by Gasteiger charge is -2.38. The van der Waals surface area contributed by atoms with Gasteiger partial charge in [-0.15, -0.1) is 0 Å². The molecule has 0 aromatic heterocycles. The van der Waals surface area contributed by atoms with Gasteiger partial charge in [0.05, 0.1) is 11.8 Å². The molecule has 0 saturated carbocycles. The van der Waals surface area contributed by atoms with Crippen LogP contribution in [0, 0.1) is 6.92 Å². The average molecular weight is 454 g/mol. The predicted molar refractivity (Wildman–Crippen MR) is 116 cm³/mol. The molecule has 2 aliphatic heterocycles. The summed E-state index contributed by atoms with van der Waals surface area (Å²) in [5.41, 5.74) is 5.60. The highest BCUT2D eigenvalue weighted by atomic mass is 79.9. The van der Waals surface area contributed by atoms with Crippen molar-refractivity contribution in [1.82, 2.24) is 5.01 Å². The second kappa shape index (κ2) is 6.94. The van der Waals surface area contributed by atoms with Crippen molar-refractivity contribution in [3.63, 3.8) is 0 Å². The number of ether oxygens (including phenoxy) is 1. The van der Waals surface area contributed by atoms with E-state index in [9.17, 15) is 0 Å². The van der Waals surface area contributed by atoms with Gasteiger partial charge in [0.25, 0.3) is 0 Å². The van der Waals surface area contributed by atoms with Crippen LogP contribution in [0.2, 0.25) is 5.02 Å². The molecular weight excluding hydrogens is 436 g/mol. The molecule has 0 aliphatic carbocycles. The largest absolute Gasteiger partial charge is 0.464 e. The molecular formula is C23H18BrClN2O. The number of halogens is 2. The number of fused-ring (bicyclic) bond motifs is 3. The summed E-state index contributed by atoms with van der Waals surface area (Å²) in [6.45, 7) is 2.09. The fourth-order valence-corrected chi connectivity index (χ4v) is 4.27. The van der Waals surface area contributed by atoms with Gasteiger partial charge in [0.1, 0.15) is 5.75 Å². The molecule has 28 heavy (non-hydrogen) atoms. The molecule has 0 N–H and O–H groups in total. The molecule has 0 unspecified atom stereocenters. The highest BCUT2D eigenvalue weighted by Gasteiger charge is 2.41. The second-order valence-corrected chi connectivity index (χ2v) is 8.57. The minimum absolute atomic E-state index is 0.104. The van der Waals surface area contributed by atoms with Gasteiger partial charge in [0.2, 0.25) is 6.23 Å². The zero-order chi connectivity index (χ0) is 19.3. The Labute approximate surface area is 177 Å². The van der Waals surface area contributed by atoms with Crippen molar-refractivity contribution >= 4 is 33.2 Å². The Bertz CT molecular complexity index is 1060. The third-order valence-electron chi connectivity index (χ3n) is 5.29. The number of nitrogens with zero attached hydrogens (tertiary/aromatic N) is 2. The molecule has 5 heteroatoms. The van der Waals surface area contributed by atoms with Gasteiger partial charge in [-0.2, -0.15) is 5.10 Å². The smallest absolute Gasteiger partial charge is 0.213 e. The lowest BCUT2D eigenvalue weighted by molar-refractivity contribution is -0.0190. The normalized spacial score (nSPS) is 20.2. The van der Waals surface area contributed by atoms with E-state index in [0.717, 1.165) is 39.0 Å². The fraction of sp³-hybridized carbons (Fsp3) is 0.174. The van der Waals surface area contributed by atoms with Crippen LogP contribution in [-0.4, -0.2) is 10.7 Å². The van der Waals surface area contributed by atoms with Crippen molar-refractivity contribution in [2.45, 2.75) is 25.6 Å². The Morgan fingerprint density at radius 2 is 1.79 bits per heavy atom. The quantitative estimate of drug-likeness (QED) is 0.434. The van der Waals surface area contributed by atoms with Crippen LogP contribution < -0.4 is 4.74 Å². The minimum atomic E-state index is -0.257. The van der Waals surface area contributed by atoms with E-state index < -0.39 is 0 Å². The van der Waals surface area contributed by atoms with Gasteiger partial charge in [-0.3, -0.25) is 0 Å². The number of rotatable bonds is 2. The number of hydrazone groups is 1. The molecule has 2 atom stereocenters. The minimum Gasteiger partial charge on any atom is -0.464 e. The predicted octanol–water partition coefficient (Wildman–Crippen LogP) is 6.65. The monoisotopic (exact) mass is 452 g/mol. The topological polar surface area (TPSA) is 24.8 Å². The average Bonchev–Trinajstić information content (AvgIpc) is 3.14. The van der Waals surface area contributed by atoms with E-state index in [-0.39, 0.29) is 12.3 Å². The third-order valence-corrected chi connectivity index (χ3v) is 6.06. The van der Waals surface area contributed by atoms with Crippen molar-refractivity contribution in [2.75, 3.05) is 0 Å². The molecule has 0 bridgehead atoms. The molecule has 5 rings (SSSR count). The van der Waals surface area contributed by atoms with Crippen LogP contribution in [0.3, 0.4) is 0 Å². The van der Waals surface area contributed by atoms with Gasteiger partial charge < -0.3 is 4.74 Å². The van der Waals surface area contributed by atoms with Crippen LogP contribution in [-0.2, 0) is 0 Å². The second-order valence-electron chi connectivity index (χ2n) is 7.22. The first kappa shape index (κ1) is 17.8. The van der Waals surface area contributed by atoms with E-state index in [1.54, 1.807) is 0 Å². The summed E-state index contributed by atoms with van der Waals surface area (Å²) in [5, 5.41) is 7.79. The Hall–Kier alpha value is -2.30. The molecule has 2 aliphatic rings. The van der Waals surface area contributed by atoms with E-state index in [0.29, 0.717) is 5.02 Å². The summed E-state index contributed by atoms with van der Waals surface area (Å²) in [5.74, 6) is 0.878. The van der Waals surface area contributed by atoms with Gasteiger partial charge in [-0.25, -0.2) is 5.01 Å². The summed E-state index contributed by atoms with van der Waals surface area (Å²) >= 11 is 9.80. The first-order chi connectivity index (χ1) is 13.6. The molecule has 3 nitrogen and oxygen atoms in total. The summed E-state index contributed by atoms with van der Waals surface area (Å²) in [6.07, 6.45) is 0.563. The summed E-state index contributed by atoms with van der Waals surface area (Å²) < 4.78 is 7.44. The molecule has 0 saturated heterocycles. The Morgan fingerprint density at radius 1 is 1.04 bits per heavy atom.